The first-order valence-electron chi connectivity index (χ1n) is 8.98. The summed E-state index contributed by atoms with van der Waals surface area (Å²) in [6.07, 6.45) is 3.14. The minimum absolute atomic E-state index is 0.267. The lowest BCUT2D eigenvalue weighted by Crippen LogP contribution is -2.08. The highest BCUT2D eigenvalue weighted by molar-refractivity contribution is 9.10. The summed E-state index contributed by atoms with van der Waals surface area (Å²) in [6, 6.07) is 9.23. The van der Waals surface area contributed by atoms with Crippen molar-refractivity contribution in [2.75, 3.05) is 5.32 Å². The zero-order chi connectivity index (χ0) is 21.6. The van der Waals surface area contributed by atoms with Gasteiger partial charge in [-0.15, -0.1) is 0 Å². The number of aromatic nitrogens is 2. The van der Waals surface area contributed by atoms with Crippen LogP contribution in [0.25, 0.3) is 11.0 Å². The summed E-state index contributed by atoms with van der Waals surface area (Å²) >= 11 is 4.63. The van der Waals surface area contributed by atoms with Crippen molar-refractivity contribution in [1.82, 2.24) is 19.0 Å². The maximum Gasteiger partial charge on any atom is 0.416 e. The summed E-state index contributed by atoms with van der Waals surface area (Å²) in [5, 5.41) is 3.06. The van der Waals surface area contributed by atoms with E-state index in [1.807, 2.05) is 28.9 Å². The molecule has 2 aliphatic heterocycles. The standard InChI is InChI=1S/C20H13BrF3N5OS/c21-16-7-11(20(22,23)24)8-17-18(16)28-19(27-17)26-12-1-3-14(4-2-12)30-15-5-6-29-13(9-15)10-25-31-29/h1-10,25H,(H2,26,27,28). The SMILES string of the molecule is FC(F)(F)c1cc(Br)c2nc(Nc3ccc(OC4=CC5=CNSN5C=C4)cc3)[nH]c2c1. The summed E-state index contributed by atoms with van der Waals surface area (Å²) in [4.78, 5) is 7.21. The number of anilines is 2. The number of nitrogens with zero attached hydrogens (tertiary/aromatic N) is 2. The lowest BCUT2D eigenvalue weighted by atomic mass is 10.2. The van der Waals surface area contributed by atoms with E-state index >= 15 is 0 Å². The first-order valence-corrected chi connectivity index (χ1v) is 10.5. The van der Waals surface area contributed by atoms with Crippen molar-refractivity contribution in [1.29, 1.82) is 0 Å². The van der Waals surface area contributed by atoms with E-state index in [9.17, 15) is 13.2 Å². The second kappa shape index (κ2) is 7.57. The summed E-state index contributed by atoms with van der Waals surface area (Å²) < 4.78 is 50.2. The second-order valence-corrected chi connectivity index (χ2v) is 8.32. The molecule has 3 heterocycles. The van der Waals surface area contributed by atoms with Crippen molar-refractivity contribution in [2.45, 2.75) is 6.18 Å². The largest absolute Gasteiger partial charge is 0.457 e. The van der Waals surface area contributed by atoms with E-state index in [1.54, 1.807) is 24.3 Å². The van der Waals surface area contributed by atoms with Crippen LogP contribution in [0, 0.1) is 0 Å². The van der Waals surface area contributed by atoms with Crippen LogP contribution in [0.3, 0.4) is 0 Å². The van der Waals surface area contributed by atoms with Crippen LogP contribution in [0.1, 0.15) is 5.56 Å². The van der Waals surface area contributed by atoms with E-state index in [0.717, 1.165) is 17.8 Å². The van der Waals surface area contributed by atoms with Crippen LogP contribution in [0.4, 0.5) is 24.8 Å². The van der Waals surface area contributed by atoms with E-state index in [-0.39, 0.29) is 9.99 Å². The topological polar surface area (TPSA) is 65.2 Å². The van der Waals surface area contributed by atoms with Gasteiger partial charge in [0.2, 0.25) is 5.95 Å². The molecule has 2 aromatic carbocycles. The molecule has 5 rings (SSSR count). The Labute approximate surface area is 187 Å². The predicted octanol–water partition coefficient (Wildman–Crippen LogP) is 6.19. The highest BCUT2D eigenvalue weighted by Crippen LogP contribution is 2.35. The molecule has 0 atom stereocenters. The predicted molar refractivity (Wildman–Crippen MR) is 117 cm³/mol. The van der Waals surface area contributed by atoms with Crippen LogP contribution in [0.2, 0.25) is 0 Å². The number of hydrogen-bond donors (Lipinski definition) is 3. The molecule has 3 N–H and O–H groups in total. The van der Waals surface area contributed by atoms with Gasteiger partial charge in [-0.25, -0.2) is 4.98 Å². The number of aromatic amines is 1. The molecule has 0 unspecified atom stereocenters. The van der Waals surface area contributed by atoms with Crippen molar-refractivity contribution >= 4 is 50.7 Å². The van der Waals surface area contributed by atoms with Crippen LogP contribution in [0.5, 0.6) is 5.75 Å². The lowest BCUT2D eigenvalue weighted by Gasteiger charge is -2.17. The highest BCUT2D eigenvalue weighted by Gasteiger charge is 2.31. The quantitative estimate of drug-likeness (QED) is 0.366. The van der Waals surface area contributed by atoms with Gasteiger partial charge in [0.05, 0.1) is 28.9 Å². The number of ether oxygens (including phenoxy) is 1. The molecule has 0 spiro atoms. The first-order chi connectivity index (χ1) is 14.8. The molecule has 31 heavy (non-hydrogen) atoms. The van der Waals surface area contributed by atoms with Gasteiger partial charge in [-0.05, 0) is 58.4 Å². The van der Waals surface area contributed by atoms with Gasteiger partial charge in [0.1, 0.15) is 17.0 Å². The third-order valence-electron chi connectivity index (χ3n) is 4.50. The Balaban J connectivity index is 1.31. The number of alkyl halides is 3. The van der Waals surface area contributed by atoms with Gasteiger partial charge in [0, 0.05) is 28.6 Å². The third-order valence-corrected chi connectivity index (χ3v) is 5.85. The van der Waals surface area contributed by atoms with Crippen LogP contribution >= 0.6 is 28.1 Å². The molecule has 0 aliphatic carbocycles. The van der Waals surface area contributed by atoms with E-state index in [0.29, 0.717) is 28.7 Å². The molecule has 0 fully saturated rings. The normalized spacial score (nSPS) is 15.4. The molecule has 11 heteroatoms. The minimum Gasteiger partial charge on any atom is -0.457 e. The number of nitrogens with one attached hydrogen (secondary N) is 3. The van der Waals surface area contributed by atoms with Gasteiger partial charge >= 0.3 is 6.18 Å². The van der Waals surface area contributed by atoms with Gasteiger partial charge in [-0.2, -0.15) is 13.2 Å². The molecular formula is C20H13BrF3N5OS. The third kappa shape index (κ3) is 4.10. The Morgan fingerprint density at radius 2 is 1.97 bits per heavy atom. The fourth-order valence-corrected chi connectivity index (χ4v) is 4.23. The molecular weight excluding hydrogens is 495 g/mol. The average molecular weight is 508 g/mol. The van der Waals surface area contributed by atoms with Gasteiger partial charge < -0.3 is 19.8 Å². The zero-order valence-corrected chi connectivity index (χ0v) is 17.9. The first kappa shape index (κ1) is 19.9. The maximum absolute atomic E-state index is 13.0. The molecule has 0 saturated carbocycles. The number of benzene rings is 2. The molecule has 1 aromatic heterocycles. The Hall–Kier alpha value is -3.05. The molecule has 0 amide bonds. The zero-order valence-electron chi connectivity index (χ0n) is 15.5. The average Bonchev–Trinajstić information content (AvgIpc) is 3.35. The van der Waals surface area contributed by atoms with E-state index in [2.05, 4.69) is 35.9 Å². The molecule has 6 nitrogen and oxygen atoms in total. The Morgan fingerprint density at radius 1 is 1.16 bits per heavy atom. The number of halogens is 4. The monoisotopic (exact) mass is 507 g/mol. The van der Waals surface area contributed by atoms with Crippen molar-refractivity contribution in [3.05, 3.63) is 82.4 Å². The van der Waals surface area contributed by atoms with Gasteiger partial charge in [-0.1, -0.05) is 0 Å². The number of fused-ring (bicyclic) bond motifs is 2. The fraction of sp³-hybridized carbons (Fsp3) is 0.0500. The van der Waals surface area contributed by atoms with E-state index < -0.39 is 11.7 Å². The molecule has 2 aliphatic rings. The van der Waals surface area contributed by atoms with Crippen molar-refractivity contribution < 1.29 is 17.9 Å². The number of imidazole rings is 1. The van der Waals surface area contributed by atoms with Gasteiger partial charge in [0.25, 0.3) is 0 Å². The molecule has 158 valence electrons. The summed E-state index contributed by atoms with van der Waals surface area (Å²) in [5.74, 6) is 1.69. The van der Waals surface area contributed by atoms with Crippen molar-refractivity contribution in [3.8, 4) is 5.75 Å². The molecule has 0 radical (unpaired) electrons. The molecule has 0 saturated heterocycles. The van der Waals surface area contributed by atoms with Crippen molar-refractivity contribution in [3.63, 3.8) is 0 Å². The second-order valence-electron chi connectivity index (χ2n) is 6.66. The Bertz CT molecular complexity index is 1250. The smallest absolute Gasteiger partial charge is 0.416 e. The van der Waals surface area contributed by atoms with Crippen LogP contribution in [-0.4, -0.2) is 14.3 Å². The summed E-state index contributed by atoms with van der Waals surface area (Å²) in [7, 11) is 0. The van der Waals surface area contributed by atoms with Crippen molar-refractivity contribution in [2.24, 2.45) is 0 Å². The summed E-state index contributed by atoms with van der Waals surface area (Å²) in [5.41, 5.74) is 1.64. The molecule has 3 aromatic rings. The van der Waals surface area contributed by atoms with Crippen LogP contribution in [0.15, 0.2) is 76.9 Å². The minimum atomic E-state index is -4.43. The number of allylic oxidation sites excluding steroid dienone is 2. The number of hydrogen-bond acceptors (Lipinski definition) is 6. The Morgan fingerprint density at radius 3 is 2.74 bits per heavy atom. The van der Waals surface area contributed by atoms with Crippen LogP contribution < -0.4 is 14.8 Å². The van der Waals surface area contributed by atoms with Gasteiger partial charge in [0.15, 0.2) is 0 Å². The maximum atomic E-state index is 13.0. The Kier molecular flexibility index (Phi) is 4.86. The van der Waals surface area contributed by atoms with Gasteiger partial charge in [-0.3, -0.25) is 4.31 Å². The summed E-state index contributed by atoms with van der Waals surface area (Å²) in [6.45, 7) is 0. The van der Waals surface area contributed by atoms with E-state index in [4.69, 9.17) is 4.74 Å². The number of H-pyrrole nitrogens is 1. The lowest BCUT2D eigenvalue weighted by molar-refractivity contribution is -0.137. The number of rotatable bonds is 4. The highest BCUT2D eigenvalue weighted by atomic mass is 79.9. The van der Waals surface area contributed by atoms with Crippen LogP contribution in [-0.2, 0) is 6.18 Å². The fourth-order valence-electron chi connectivity index (χ4n) is 3.06. The van der Waals surface area contributed by atoms with E-state index in [1.165, 1.54) is 12.1 Å². The molecule has 0 bridgehead atoms.